The minimum atomic E-state index is -0.742. The lowest BCUT2D eigenvalue weighted by Crippen LogP contribution is -2.17. The summed E-state index contributed by atoms with van der Waals surface area (Å²) in [6.07, 6.45) is -0.996. The maximum atomic E-state index is 11.3. The van der Waals surface area contributed by atoms with Crippen molar-refractivity contribution in [3.63, 3.8) is 0 Å². The van der Waals surface area contributed by atoms with Gasteiger partial charge in [0.15, 0.2) is 6.29 Å². The van der Waals surface area contributed by atoms with Crippen LogP contribution in [0.3, 0.4) is 0 Å². The van der Waals surface area contributed by atoms with Crippen LogP contribution in [0.5, 0.6) is 5.75 Å². The fraction of sp³-hybridized carbons (Fsp3) is 0.417. The van der Waals surface area contributed by atoms with Crippen LogP contribution in [0.25, 0.3) is 0 Å². The molecule has 92 valence electrons. The molecule has 1 aliphatic heterocycles. The Bertz CT molecular complexity index is 364. The molecule has 1 fully saturated rings. The monoisotopic (exact) mass is 238 g/mol. The maximum absolute atomic E-state index is 11.3. The lowest BCUT2D eigenvalue weighted by molar-refractivity contribution is -0.0592. The number of carbonyl (C=O) groups is 1. The second kappa shape index (κ2) is 5.65. The number of para-hydroxylation sites is 1. The second-order valence-electron chi connectivity index (χ2n) is 3.87. The van der Waals surface area contributed by atoms with Crippen molar-refractivity contribution < 1.29 is 24.1 Å². The van der Waals surface area contributed by atoms with E-state index in [2.05, 4.69) is 0 Å². The number of benzene rings is 1. The molecule has 5 nitrogen and oxygen atoms in total. The summed E-state index contributed by atoms with van der Waals surface area (Å²) in [6.45, 7) is 0.600. The van der Waals surface area contributed by atoms with Gasteiger partial charge < -0.3 is 19.3 Å². The number of hydrogen-bond acceptors (Lipinski definition) is 5. The summed E-state index contributed by atoms with van der Waals surface area (Å²) in [5.74, 6) is 0.480. The number of aliphatic hydroxyl groups excluding tert-OH is 1. The Kier molecular flexibility index (Phi) is 3.95. The van der Waals surface area contributed by atoms with Crippen LogP contribution in [-0.4, -0.2) is 30.8 Å². The molecule has 0 bridgehead atoms. The third-order valence-electron chi connectivity index (χ3n) is 2.44. The van der Waals surface area contributed by atoms with Crippen molar-refractivity contribution >= 4 is 6.16 Å². The molecule has 1 aromatic rings. The van der Waals surface area contributed by atoms with Gasteiger partial charge in [0.2, 0.25) is 0 Å². The average Bonchev–Trinajstić information content (AvgIpc) is 2.74. The highest BCUT2D eigenvalue weighted by Gasteiger charge is 2.24. The molecule has 0 saturated carbocycles. The first-order valence-electron chi connectivity index (χ1n) is 5.43. The molecular formula is C12H14O5. The molecule has 0 aromatic heterocycles. The topological polar surface area (TPSA) is 65.0 Å². The van der Waals surface area contributed by atoms with E-state index in [1.54, 1.807) is 24.3 Å². The van der Waals surface area contributed by atoms with E-state index in [0.29, 0.717) is 18.8 Å². The molecule has 17 heavy (non-hydrogen) atoms. The zero-order valence-electron chi connectivity index (χ0n) is 9.24. The van der Waals surface area contributed by atoms with E-state index in [1.807, 2.05) is 6.07 Å². The van der Waals surface area contributed by atoms with Crippen LogP contribution in [0.4, 0.5) is 4.79 Å². The number of hydrogen-bond donors (Lipinski definition) is 1. The van der Waals surface area contributed by atoms with Crippen molar-refractivity contribution in [2.75, 3.05) is 13.2 Å². The summed E-state index contributed by atoms with van der Waals surface area (Å²) in [4.78, 5) is 11.3. The van der Waals surface area contributed by atoms with Crippen molar-refractivity contribution in [2.45, 2.75) is 12.7 Å². The molecule has 1 aromatic carbocycles. The predicted octanol–water partition coefficient (Wildman–Crippen LogP) is 1.56. The van der Waals surface area contributed by atoms with E-state index < -0.39 is 12.4 Å². The summed E-state index contributed by atoms with van der Waals surface area (Å²) < 4.78 is 14.8. The van der Waals surface area contributed by atoms with Crippen molar-refractivity contribution in [3.05, 3.63) is 30.3 Å². The molecule has 0 spiro atoms. The fourth-order valence-corrected chi connectivity index (χ4v) is 1.58. The Balaban J connectivity index is 1.71. The first-order chi connectivity index (χ1) is 8.24. The highest BCUT2D eigenvalue weighted by Crippen LogP contribution is 2.18. The smallest absolute Gasteiger partial charge is 0.434 e. The Morgan fingerprint density at radius 1 is 1.41 bits per heavy atom. The third kappa shape index (κ3) is 3.72. The third-order valence-corrected chi connectivity index (χ3v) is 2.44. The summed E-state index contributed by atoms with van der Waals surface area (Å²) in [6, 6.07) is 8.70. The standard InChI is InChI=1S/C12H14O5/c13-11-6-9(7-15-11)8-16-12(14)17-10-4-2-1-3-5-10/h1-5,9,11,13H,6-8H2. The highest BCUT2D eigenvalue weighted by molar-refractivity contribution is 5.63. The van der Waals surface area contributed by atoms with Gasteiger partial charge in [0.25, 0.3) is 0 Å². The van der Waals surface area contributed by atoms with E-state index >= 15 is 0 Å². The summed E-state index contributed by atoms with van der Waals surface area (Å²) in [5.41, 5.74) is 0. The summed E-state index contributed by atoms with van der Waals surface area (Å²) in [7, 11) is 0. The van der Waals surface area contributed by atoms with E-state index in [4.69, 9.17) is 19.3 Å². The van der Waals surface area contributed by atoms with E-state index in [-0.39, 0.29) is 12.5 Å². The van der Waals surface area contributed by atoms with Gasteiger partial charge in [-0.25, -0.2) is 4.79 Å². The fourth-order valence-electron chi connectivity index (χ4n) is 1.58. The summed E-state index contributed by atoms with van der Waals surface area (Å²) in [5, 5.41) is 9.11. The molecule has 2 rings (SSSR count). The van der Waals surface area contributed by atoms with Crippen LogP contribution in [0.1, 0.15) is 6.42 Å². The van der Waals surface area contributed by atoms with Gasteiger partial charge in [-0.2, -0.15) is 0 Å². The van der Waals surface area contributed by atoms with Gasteiger partial charge >= 0.3 is 6.16 Å². The van der Waals surface area contributed by atoms with Crippen LogP contribution in [-0.2, 0) is 9.47 Å². The molecular weight excluding hydrogens is 224 g/mol. The first kappa shape index (κ1) is 11.9. The molecule has 0 amide bonds. The van der Waals surface area contributed by atoms with Gasteiger partial charge in [-0.1, -0.05) is 18.2 Å². The highest BCUT2D eigenvalue weighted by atomic mass is 16.7. The Morgan fingerprint density at radius 2 is 2.18 bits per heavy atom. The Morgan fingerprint density at radius 3 is 2.82 bits per heavy atom. The van der Waals surface area contributed by atoms with Crippen molar-refractivity contribution in [2.24, 2.45) is 5.92 Å². The predicted molar refractivity (Wildman–Crippen MR) is 58.5 cm³/mol. The quantitative estimate of drug-likeness (QED) is 0.639. The molecule has 1 saturated heterocycles. The molecule has 0 aliphatic carbocycles. The van der Waals surface area contributed by atoms with Gasteiger partial charge in [-0.05, 0) is 12.1 Å². The van der Waals surface area contributed by atoms with Crippen molar-refractivity contribution in [1.29, 1.82) is 0 Å². The lowest BCUT2D eigenvalue weighted by atomic mass is 10.1. The van der Waals surface area contributed by atoms with Gasteiger partial charge in [-0.3, -0.25) is 0 Å². The van der Waals surface area contributed by atoms with Crippen LogP contribution in [0.15, 0.2) is 30.3 Å². The number of ether oxygens (including phenoxy) is 3. The van der Waals surface area contributed by atoms with Gasteiger partial charge in [-0.15, -0.1) is 0 Å². The zero-order chi connectivity index (χ0) is 12.1. The van der Waals surface area contributed by atoms with E-state index in [0.717, 1.165) is 0 Å². The number of aliphatic hydroxyl groups is 1. The summed E-state index contributed by atoms with van der Waals surface area (Å²) >= 11 is 0. The van der Waals surface area contributed by atoms with Gasteiger partial charge in [0.05, 0.1) is 6.61 Å². The SMILES string of the molecule is O=C(OCC1COC(O)C1)Oc1ccccc1. The van der Waals surface area contributed by atoms with Crippen LogP contribution >= 0.6 is 0 Å². The van der Waals surface area contributed by atoms with E-state index in [1.165, 1.54) is 0 Å². The van der Waals surface area contributed by atoms with Crippen LogP contribution < -0.4 is 4.74 Å². The molecule has 1 heterocycles. The normalized spacial score (nSPS) is 23.4. The second-order valence-corrected chi connectivity index (χ2v) is 3.87. The van der Waals surface area contributed by atoms with E-state index in [9.17, 15) is 4.79 Å². The molecule has 2 atom stereocenters. The zero-order valence-corrected chi connectivity index (χ0v) is 9.24. The number of carbonyl (C=O) groups excluding carboxylic acids is 1. The minimum absolute atomic E-state index is 0.0355. The maximum Gasteiger partial charge on any atom is 0.513 e. The van der Waals surface area contributed by atoms with Crippen LogP contribution in [0, 0.1) is 5.92 Å². The molecule has 2 unspecified atom stereocenters. The molecule has 0 radical (unpaired) electrons. The molecule has 1 aliphatic rings. The van der Waals surface area contributed by atoms with Crippen LogP contribution in [0.2, 0.25) is 0 Å². The van der Waals surface area contributed by atoms with Crippen molar-refractivity contribution in [1.82, 2.24) is 0 Å². The average molecular weight is 238 g/mol. The lowest BCUT2D eigenvalue weighted by Gasteiger charge is -2.08. The minimum Gasteiger partial charge on any atom is -0.434 e. The van der Waals surface area contributed by atoms with Gasteiger partial charge in [0.1, 0.15) is 12.4 Å². The first-order valence-corrected chi connectivity index (χ1v) is 5.43. The Labute approximate surface area is 98.9 Å². The molecule has 1 N–H and O–H groups in total. The largest absolute Gasteiger partial charge is 0.513 e. The number of rotatable bonds is 3. The molecule has 5 heteroatoms. The Hall–Kier alpha value is -1.59. The van der Waals surface area contributed by atoms with Crippen molar-refractivity contribution in [3.8, 4) is 5.75 Å². The van der Waals surface area contributed by atoms with Gasteiger partial charge in [0, 0.05) is 12.3 Å².